The number of aromatic amines is 1. The van der Waals surface area contributed by atoms with E-state index in [1.165, 1.54) is 12.5 Å². The lowest BCUT2D eigenvalue weighted by Crippen LogP contribution is -2.56. The van der Waals surface area contributed by atoms with Crippen molar-refractivity contribution in [2.24, 2.45) is 23.3 Å². The molecule has 23 nitrogen and oxygen atoms in total. The third kappa shape index (κ3) is 18.8. The highest BCUT2D eigenvalue weighted by Gasteiger charge is 2.42. The summed E-state index contributed by atoms with van der Waals surface area (Å²) in [6.45, 7) is -0.362. The van der Waals surface area contributed by atoms with E-state index < -0.39 is 78.5 Å². The molecule has 7 atom stereocenters. The molecule has 1 aliphatic carbocycles. The third-order valence-electron chi connectivity index (χ3n) is 12.1. The standard InChI is InChI=1S/C42H69N13O10S/c43-15-7-5-12-29(51-41(63)30(19-27-20-45-24-49-27)52-39(61)26(18-34(57)55-65)17-25-9-1-2-10-25)40(62)48-21-35(58)47-22-36(59)50-28(38(44)60)11-6-8-16-46-33(56)14-4-3-13-32-37-31(23-66-32)53-42(64)54-37/h20,24-26,28-32,37,65H,1-19,21-23,43H2,(H2,44,60)(H,45,49)(H,46,56)(H,47,58)(H,48,62)(H,50,59)(H,51,63)(H,52,61)(H,55,57)(H2,53,54,64)/t26?,28-,29-,30-,31-,32-,37-/m0/s1. The van der Waals surface area contributed by atoms with Gasteiger partial charge in [-0.05, 0) is 70.3 Å². The minimum absolute atomic E-state index is 0.0267. The van der Waals surface area contributed by atoms with Gasteiger partial charge < -0.3 is 59.0 Å². The smallest absolute Gasteiger partial charge is 0.315 e. The number of carbonyl (C=O) groups excluding carboxylic acids is 9. The van der Waals surface area contributed by atoms with Gasteiger partial charge in [0.25, 0.3) is 0 Å². The van der Waals surface area contributed by atoms with Gasteiger partial charge in [0, 0.05) is 54.6 Å². The highest BCUT2D eigenvalue weighted by atomic mass is 32.2. The molecule has 2 aliphatic heterocycles. The lowest BCUT2D eigenvalue weighted by molar-refractivity contribution is -0.137. The van der Waals surface area contributed by atoms with Gasteiger partial charge in [-0.25, -0.2) is 15.3 Å². The zero-order valence-electron chi connectivity index (χ0n) is 37.5. The van der Waals surface area contributed by atoms with Crippen LogP contribution < -0.4 is 59.5 Å². The molecule has 3 aliphatic rings. The summed E-state index contributed by atoms with van der Waals surface area (Å²) in [5.74, 6) is -4.69. The van der Waals surface area contributed by atoms with Gasteiger partial charge >= 0.3 is 6.03 Å². The lowest BCUT2D eigenvalue weighted by Gasteiger charge is -2.25. The summed E-state index contributed by atoms with van der Waals surface area (Å²) in [6, 6.07) is -3.17. The van der Waals surface area contributed by atoms with Crippen molar-refractivity contribution in [2.75, 3.05) is 31.9 Å². The fourth-order valence-corrected chi connectivity index (χ4v) is 10.0. The molecule has 3 fully saturated rings. The first-order valence-electron chi connectivity index (χ1n) is 23.1. The van der Waals surface area contributed by atoms with E-state index in [0.717, 1.165) is 50.7 Å². The molecule has 1 aromatic heterocycles. The first kappa shape index (κ1) is 53.1. The average Bonchev–Trinajstić information content (AvgIpc) is 4.13. The molecular weight excluding hydrogens is 879 g/mol. The minimum Gasteiger partial charge on any atom is -0.368 e. The average molecular weight is 948 g/mol. The molecule has 1 saturated carbocycles. The maximum Gasteiger partial charge on any atom is 0.315 e. The highest BCUT2D eigenvalue weighted by Crippen LogP contribution is 2.33. The molecule has 10 amide bonds. The number of primary amides is 1. The molecule has 1 unspecified atom stereocenters. The number of rotatable bonds is 31. The van der Waals surface area contributed by atoms with Crippen LogP contribution in [0.3, 0.4) is 0 Å². The Morgan fingerprint density at radius 2 is 1.52 bits per heavy atom. The number of hydroxylamine groups is 1. The van der Waals surface area contributed by atoms with E-state index in [9.17, 15) is 43.2 Å². The number of nitrogens with zero attached hydrogens (tertiary/aromatic N) is 1. The van der Waals surface area contributed by atoms with Crippen molar-refractivity contribution in [2.45, 2.75) is 145 Å². The number of carbonyl (C=O) groups is 9. The Kier molecular flexibility index (Phi) is 23.0. The lowest BCUT2D eigenvalue weighted by atomic mass is 9.89. The highest BCUT2D eigenvalue weighted by molar-refractivity contribution is 8.00. The maximum atomic E-state index is 13.8. The fraction of sp³-hybridized carbons (Fsp3) is 0.714. The van der Waals surface area contributed by atoms with Gasteiger partial charge in [0.05, 0.1) is 31.5 Å². The number of amides is 10. The van der Waals surface area contributed by atoms with Crippen molar-refractivity contribution in [3.8, 4) is 0 Å². The van der Waals surface area contributed by atoms with Crippen LogP contribution in [-0.2, 0) is 44.8 Å². The number of hydrogen-bond acceptors (Lipinski definition) is 13. The van der Waals surface area contributed by atoms with Crippen molar-refractivity contribution in [1.82, 2.24) is 58.0 Å². The summed E-state index contributed by atoms with van der Waals surface area (Å²) in [6.07, 6.45) is 12.0. The summed E-state index contributed by atoms with van der Waals surface area (Å²) in [4.78, 5) is 121. The number of thioether (sulfide) groups is 1. The zero-order chi connectivity index (χ0) is 47.8. The van der Waals surface area contributed by atoms with Crippen LogP contribution in [-0.4, -0.2) is 136 Å². The van der Waals surface area contributed by atoms with Crippen LogP contribution in [0.25, 0.3) is 0 Å². The third-order valence-corrected chi connectivity index (χ3v) is 13.6. The summed E-state index contributed by atoms with van der Waals surface area (Å²) >= 11 is 1.84. The maximum absolute atomic E-state index is 13.8. The van der Waals surface area contributed by atoms with Gasteiger partial charge in [0.1, 0.15) is 18.1 Å². The number of urea groups is 1. The van der Waals surface area contributed by atoms with Crippen LogP contribution in [0.5, 0.6) is 0 Å². The molecule has 0 bridgehead atoms. The molecule has 2 saturated heterocycles. The van der Waals surface area contributed by atoms with Gasteiger partial charge in [-0.3, -0.25) is 43.6 Å². The number of aromatic nitrogens is 2. The number of unbranched alkanes of at least 4 members (excludes halogenated alkanes) is 3. The van der Waals surface area contributed by atoms with Crippen LogP contribution in [0.4, 0.5) is 4.79 Å². The first-order valence-corrected chi connectivity index (χ1v) is 24.1. The Balaban J connectivity index is 1.17. The zero-order valence-corrected chi connectivity index (χ0v) is 38.3. The first-order chi connectivity index (χ1) is 31.8. The number of H-pyrrole nitrogens is 1. The number of fused-ring (bicyclic) bond motifs is 1. The monoisotopic (exact) mass is 948 g/mol. The number of hydrogen-bond donors (Lipinski definition) is 13. The van der Waals surface area contributed by atoms with Gasteiger partial charge in [-0.1, -0.05) is 32.1 Å². The SMILES string of the molecule is NCCCC[C@H](NC(=O)[C@H](Cc1cnc[nH]1)NC(=O)C(CC(=O)NO)CC1CCCC1)C(=O)NCC(=O)NCC(=O)N[C@@H](CCCCNC(=O)CCCC[C@@H]1SC[C@@H]2NC(=O)N[C@@H]21)C(N)=O. The van der Waals surface area contributed by atoms with Crippen molar-refractivity contribution in [1.29, 1.82) is 0 Å². The van der Waals surface area contributed by atoms with Crippen LogP contribution in [0.1, 0.15) is 108 Å². The van der Waals surface area contributed by atoms with E-state index in [-0.39, 0.29) is 55.6 Å². The molecular formula is C42H69N13O10S. The second-order valence-corrected chi connectivity index (χ2v) is 18.5. The summed E-state index contributed by atoms with van der Waals surface area (Å²) in [7, 11) is 0. The largest absolute Gasteiger partial charge is 0.368 e. The van der Waals surface area contributed by atoms with Crippen LogP contribution in [0, 0.1) is 11.8 Å². The van der Waals surface area contributed by atoms with Gasteiger partial charge in [0.15, 0.2) is 0 Å². The Morgan fingerprint density at radius 1 is 0.788 bits per heavy atom. The van der Waals surface area contributed by atoms with Crippen LogP contribution >= 0.6 is 11.8 Å². The second-order valence-electron chi connectivity index (χ2n) is 17.2. The van der Waals surface area contributed by atoms with E-state index in [1.807, 2.05) is 11.8 Å². The predicted molar refractivity (Wildman–Crippen MR) is 242 cm³/mol. The Hall–Kier alpha value is -5.49. The molecule has 4 rings (SSSR count). The van der Waals surface area contributed by atoms with Crippen molar-refractivity contribution in [3.63, 3.8) is 0 Å². The molecule has 0 aromatic carbocycles. The summed E-state index contributed by atoms with van der Waals surface area (Å²) in [5, 5.41) is 31.0. The molecule has 66 heavy (non-hydrogen) atoms. The number of imidazole rings is 1. The van der Waals surface area contributed by atoms with Gasteiger partial charge in [-0.2, -0.15) is 11.8 Å². The summed E-state index contributed by atoms with van der Waals surface area (Å²) < 4.78 is 0. The van der Waals surface area contributed by atoms with E-state index in [2.05, 4.69) is 52.5 Å². The molecule has 0 spiro atoms. The van der Waals surface area contributed by atoms with Crippen LogP contribution in [0.2, 0.25) is 0 Å². The molecule has 24 heteroatoms. The number of nitrogens with two attached hydrogens (primary N) is 2. The van der Waals surface area contributed by atoms with E-state index in [1.54, 1.807) is 5.48 Å². The normalized spacial score (nSPS) is 19.5. The predicted octanol–water partition coefficient (Wildman–Crippen LogP) is -1.64. The molecule has 15 N–H and O–H groups in total. The Morgan fingerprint density at radius 3 is 2.23 bits per heavy atom. The minimum atomic E-state index is -1.20. The van der Waals surface area contributed by atoms with Gasteiger partial charge in [-0.15, -0.1) is 0 Å². The second kappa shape index (κ2) is 28.5. The van der Waals surface area contributed by atoms with Gasteiger partial charge in [0.2, 0.25) is 47.3 Å². The van der Waals surface area contributed by atoms with Crippen molar-refractivity contribution < 1.29 is 48.4 Å². The summed E-state index contributed by atoms with van der Waals surface area (Å²) in [5.41, 5.74) is 13.3. The molecule has 0 radical (unpaired) electrons. The molecule has 368 valence electrons. The number of nitrogens with one attached hydrogen (secondary N) is 10. The Bertz CT molecular complexity index is 1780. The van der Waals surface area contributed by atoms with E-state index in [0.29, 0.717) is 62.6 Å². The quantitative estimate of drug-likeness (QED) is 0.0172. The Labute approximate surface area is 388 Å². The van der Waals surface area contributed by atoms with E-state index in [4.69, 9.17) is 16.7 Å². The molecule has 3 heterocycles. The van der Waals surface area contributed by atoms with Crippen LogP contribution in [0.15, 0.2) is 12.5 Å². The van der Waals surface area contributed by atoms with E-state index >= 15 is 0 Å². The topological polar surface area (TPSA) is 363 Å². The van der Waals surface area contributed by atoms with Crippen molar-refractivity contribution >= 4 is 65.1 Å². The fourth-order valence-electron chi connectivity index (χ4n) is 8.48. The van der Waals surface area contributed by atoms with Crippen molar-refractivity contribution in [3.05, 3.63) is 18.2 Å². The molecule has 1 aromatic rings.